The highest BCUT2D eigenvalue weighted by Crippen LogP contribution is 2.35. The maximum absolute atomic E-state index is 12.3. The predicted molar refractivity (Wildman–Crippen MR) is 57.1 cm³/mol. The van der Waals surface area contributed by atoms with Crippen LogP contribution in [0.25, 0.3) is 0 Å². The third kappa shape index (κ3) is 2.01. The van der Waals surface area contributed by atoms with Gasteiger partial charge in [-0.05, 0) is 38.8 Å². The van der Waals surface area contributed by atoms with Crippen LogP contribution in [0.2, 0.25) is 0 Å². The fourth-order valence-electron chi connectivity index (χ4n) is 2.50. The van der Waals surface area contributed by atoms with Gasteiger partial charge in [0.1, 0.15) is 0 Å². The zero-order chi connectivity index (χ0) is 10.7. The number of rotatable bonds is 2. The molecular formula is C11H20N2O2. The molecule has 1 amide bonds. The summed E-state index contributed by atoms with van der Waals surface area (Å²) in [5.74, 6) is 0.212. The normalized spacial score (nSPS) is 25.5. The highest BCUT2D eigenvalue weighted by Gasteiger charge is 2.41. The van der Waals surface area contributed by atoms with E-state index >= 15 is 0 Å². The molecule has 2 aliphatic heterocycles. The molecule has 4 heteroatoms. The summed E-state index contributed by atoms with van der Waals surface area (Å²) in [6.07, 6.45) is 3.79. The molecule has 15 heavy (non-hydrogen) atoms. The van der Waals surface area contributed by atoms with Gasteiger partial charge in [0.2, 0.25) is 0 Å². The van der Waals surface area contributed by atoms with Crippen LogP contribution in [0.4, 0.5) is 0 Å². The second kappa shape index (κ2) is 4.49. The van der Waals surface area contributed by atoms with Gasteiger partial charge in [-0.2, -0.15) is 0 Å². The van der Waals surface area contributed by atoms with Crippen LogP contribution in [0.1, 0.15) is 32.6 Å². The monoisotopic (exact) mass is 212 g/mol. The predicted octanol–water partition coefficient (Wildman–Crippen LogP) is 0.930. The second-order valence-corrected chi connectivity index (χ2v) is 4.48. The Morgan fingerprint density at radius 1 is 1.47 bits per heavy atom. The Labute approximate surface area is 90.9 Å². The van der Waals surface area contributed by atoms with Gasteiger partial charge in [-0.1, -0.05) is 6.92 Å². The van der Waals surface area contributed by atoms with E-state index in [0.29, 0.717) is 6.61 Å². The molecule has 0 aromatic rings. The first kappa shape index (κ1) is 10.9. The minimum absolute atomic E-state index is 0.157. The Morgan fingerprint density at radius 3 is 2.73 bits per heavy atom. The molecule has 86 valence electrons. The summed E-state index contributed by atoms with van der Waals surface area (Å²) in [4.78, 5) is 17.7. The van der Waals surface area contributed by atoms with E-state index in [1.807, 2.05) is 0 Å². The molecule has 1 N–H and O–H groups in total. The van der Waals surface area contributed by atoms with Gasteiger partial charge in [0.15, 0.2) is 0 Å². The van der Waals surface area contributed by atoms with Gasteiger partial charge in [-0.15, -0.1) is 0 Å². The number of hydroxylamine groups is 2. The Hall–Kier alpha value is -0.610. The van der Waals surface area contributed by atoms with Crippen molar-refractivity contribution in [2.45, 2.75) is 32.6 Å². The van der Waals surface area contributed by atoms with Crippen molar-refractivity contribution in [2.24, 2.45) is 5.41 Å². The molecule has 2 rings (SSSR count). The van der Waals surface area contributed by atoms with E-state index in [0.717, 1.165) is 45.3 Å². The first-order chi connectivity index (χ1) is 7.28. The van der Waals surface area contributed by atoms with Crippen molar-refractivity contribution in [2.75, 3.05) is 26.2 Å². The average Bonchev–Trinajstić information content (AvgIpc) is 2.82. The van der Waals surface area contributed by atoms with Crippen molar-refractivity contribution in [3.05, 3.63) is 0 Å². The molecule has 0 aromatic carbocycles. The molecule has 4 nitrogen and oxygen atoms in total. The summed E-state index contributed by atoms with van der Waals surface area (Å²) in [7, 11) is 0. The molecule has 0 atom stereocenters. The zero-order valence-corrected chi connectivity index (χ0v) is 9.42. The lowest BCUT2D eigenvalue weighted by Crippen LogP contribution is -2.47. The first-order valence-electron chi connectivity index (χ1n) is 5.94. The number of nitrogens with zero attached hydrogens (tertiary/aromatic N) is 1. The average molecular weight is 212 g/mol. The number of hydrogen-bond donors (Lipinski definition) is 1. The quantitative estimate of drug-likeness (QED) is 0.740. The molecule has 0 radical (unpaired) electrons. The van der Waals surface area contributed by atoms with E-state index in [-0.39, 0.29) is 11.3 Å². The van der Waals surface area contributed by atoms with Crippen LogP contribution in [0.15, 0.2) is 0 Å². The maximum Gasteiger partial charge on any atom is 0.252 e. The van der Waals surface area contributed by atoms with E-state index < -0.39 is 0 Å². The number of hydrogen-bond acceptors (Lipinski definition) is 3. The number of nitrogens with one attached hydrogen (secondary N) is 1. The Morgan fingerprint density at radius 2 is 2.20 bits per heavy atom. The molecule has 0 aliphatic carbocycles. The molecule has 0 aromatic heterocycles. The van der Waals surface area contributed by atoms with Gasteiger partial charge in [-0.25, -0.2) is 5.06 Å². The SMILES string of the molecule is CCC1(C(=O)N2CCCO2)CCNCC1. The summed E-state index contributed by atoms with van der Waals surface area (Å²) >= 11 is 0. The molecule has 2 saturated heterocycles. The molecule has 2 aliphatic rings. The van der Waals surface area contributed by atoms with Gasteiger partial charge < -0.3 is 5.32 Å². The van der Waals surface area contributed by atoms with Crippen molar-refractivity contribution in [3.8, 4) is 0 Å². The largest absolute Gasteiger partial charge is 0.317 e. The maximum atomic E-state index is 12.3. The van der Waals surface area contributed by atoms with Gasteiger partial charge in [0, 0.05) is 0 Å². The van der Waals surface area contributed by atoms with Crippen molar-refractivity contribution >= 4 is 5.91 Å². The summed E-state index contributed by atoms with van der Waals surface area (Å²) in [6, 6.07) is 0. The summed E-state index contributed by atoms with van der Waals surface area (Å²) in [6.45, 7) is 5.48. The van der Waals surface area contributed by atoms with E-state index in [4.69, 9.17) is 4.84 Å². The summed E-state index contributed by atoms with van der Waals surface area (Å²) in [5, 5.41) is 4.90. The highest BCUT2D eigenvalue weighted by atomic mass is 16.7. The van der Waals surface area contributed by atoms with E-state index in [1.165, 1.54) is 0 Å². The fraction of sp³-hybridized carbons (Fsp3) is 0.909. The van der Waals surface area contributed by atoms with Crippen molar-refractivity contribution in [1.29, 1.82) is 0 Å². The van der Waals surface area contributed by atoms with Crippen molar-refractivity contribution in [3.63, 3.8) is 0 Å². The topological polar surface area (TPSA) is 41.6 Å². The number of carbonyl (C=O) groups is 1. The van der Waals surface area contributed by atoms with Crippen LogP contribution in [0, 0.1) is 5.41 Å². The van der Waals surface area contributed by atoms with Gasteiger partial charge in [0.25, 0.3) is 5.91 Å². The van der Waals surface area contributed by atoms with Gasteiger partial charge >= 0.3 is 0 Å². The number of amides is 1. The van der Waals surface area contributed by atoms with E-state index in [2.05, 4.69) is 12.2 Å². The zero-order valence-electron chi connectivity index (χ0n) is 9.42. The summed E-state index contributed by atoms with van der Waals surface area (Å²) < 4.78 is 0. The lowest BCUT2D eigenvalue weighted by molar-refractivity contribution is -0.182. The Kier molecular flexibility index (Phi) is 3.26. The van der Waals surface area contributed by atoms with Crippen LogP contribution in [0.3, 0.4) is 0 Å². The minimum atomic E-state index is -0.157. The molecule has 0 spiro atoms. The van der Waals surface area contributed by atoms with Crippen LogP contribution < -0.4 is 5.32 Å². The molecule has 0 saturated carbocycles. The molecule has 0 bridgehead atoms. The fourth-order valence-corrected chi connectivity index (χ4v) is 2.50. The van der Waals surface area contributed by atoms with Gasteiger partial charge in [0.05, 0.1) is 18.6 Å². The number of carbonyl (C=O) groups excluding carboxylic acids is 1. The molecule has 0 unspecified atom stereocenters. The van der Waals surface area contributed by atoms with Crippen LogP contribution in [-0.4, -0.2) is 37.2 Å². The lowest BCUT2D eigenvalue weighted by Gasteiger charge is -2.37. The molecule has 2 heterocycles. The highest BCUT2D eigenvalue weighted by molar-refractivity contribution is 5.82. The van der Waals surface area contributed by atoms with Crippen LogP contribution in [0.5, 0.6) is 0 Å². The number of piperidine rings is 1. The smallest absolute Gasteiger partial charge is 0.252 e. The van der Waals surface area contributed by atoms with Crippen LogP contribution in [-0.2, 0) is 9.63 Å². The van der Waals surface area contributed by atoms with Gasteiger partial charge in [-0.3, -0.25) is 9.63 Å². The van der Waals surface area contributed by atoms with E-state index in [1.54, 1.807) is 5.06 Å². The molecule has 2 fully saturated rings. The van der Waals surface area contributed by atoms with E-state index in [9.17, 15) is 4.79 Å². The molecular weight excluding hydrogens is 192 g/mol. The lowest BCUT2D eigenvalue weighted by atomic mass is 9.76. The Balaban J connectivity index is 2.06. The third-order valence-corrected chi connectivity index (χ3v) is 3.67. The summed E-state index contributed by atoms with van der Waals surface area (Å²) in [5.41, 5.74) is -0.157. The van der Waals surface area contributed by atoms with Crippen molar-refractivity contribution < 1.29 is 9.63 Å². The van der Waals surface area contributed by atoms with Crippen molar-refractivity contribution in [1.82, 2.24) is 10.4 Å². The second-order valence-electron chi connectivity index (χ2n) is 4.48. The Bertz CT molecular complexity index is 231. The first-order valence-corrected chi connectivity index (χ1v) is 5.94. The standard InChI is InChI=1S/C11H20N2O2/c1-2-11(4-6-12-7-5-11)10(14)13-8-3-9-15-13/h12H,2-9H2,1H3. The van der Waals surface area contributed by atoms with Crippen LogP contribution >= 0.6 is 0 Å². The minimum Gasteiger partial charge on any atom is -0.317 e. The third-order valence-electron chi connectivity index (χ3n) is 3.67.